The molecule has 0 aliphatic rings. The Labute approximate surface area is 141 Å². The topological polar surface area (TPSA) is 27.1 Å². The van der Waals surface area contributed by atoms with Crippen LogP contribution in [0, 0.1) is 0 Å². The van der Waals surface area contributed by atoms with E-state index >= 15 is 0 Å². The molecule has 0 saturated heterocycles. The molecule has 0 bridgehead atoms. The Morgan fingerprint density at radius 2 is 1.74 bits per heavy atom. The summed E-state index contributed by atoms with van der Waals surface area (Å²) in [6.07, 6.45) is 0. The van der Waals surface area contributed by atoms with Gasteiger partial charge in [-0.2, -0.15) is 0 Å². The van der Waals surface area contributed by atoms with Crippen LogP contribution in [0.15, 0.2) is 48.5 Å². The first-order valence-corrected chi connectivity index (χ1v) is 8.18. The van der Waals surface area contributed by atoms with Crippen molar-refractivity contribution in [2.75, 3.05) is 6.61 Å². The largest absolute Gasteiger partial charge is 0.490 e. The zero-order valence-electron chi connectivity index (χ0n) is 13.7. The summed E-state index contributed by atoms with van der Waals surface area (Å²) in [5.41, 5.74) is 2.14. The number of hydrogen-bond donors (Lipinski definition) is 0. The highest BCUT2D eigenvalue weighted by molar-refractivity contribution is 6.32. The molecule has 0 spiro atoms. The van der Waals surface area contributed by atoms with E-state index in [0.29, 0.717) is 11.6 Å². The predicted octanol–water partition coefficient (Wildman–Crippen LogP) is 5.07. The number of rotatable bonds is 4. The summed E-state index contributed by atoms with van der Waals surface area (Å²) in [4.78, 5) is 4.81. The number of aromatic nitrogens is 2. The maximum Gasteiger partial charge on any atom is 0.137 e. The normalized spacial score (nSPS) is 11.8. The zero-order valence-corrected chi connectivity index (χ0v) is 14.5. The molecule has 2 aromatic carbocycles. The average Bonchev–Trinajstić information content (AvgIpc) is 2.88. The molecule has 0 amide bonds. The molecule has 120 valence electrons. The van der Waals surface area contributed by atoms with Crippen molar-refractivity contribution in [3.05, 3.63) is 59.4 Å². The monoisotopic (exact) mass is 328 g/mol. The van der Waals surface area contributed by atoms with Crippen LogP contribution in [0.5, 0.6) is 5.75 Å². The summed E-state index contributed by atoms with van der Waals surface area (Å²) in [7, 11) is 0. The standard InChI is InChI=1S/C19H21ClN2O/c1-19(2,3)18-21-15-9-5-6-10-16(15)22(18)12-13-23-17-11-7-4-8-14(17)20/h4-11H,12-13H2,1-3H3. The van der Waals surface area contributed by atoms with Crippen molar-refractivity contribution in [2.24, 2.45) is 0 Å². The Balaban J connectivity index is 1.86. The van der Waals surface area contributed by atoms with Gasteiger partial charge in [0.2, 0.25) is 0 Å². The lowest BCUT2D eigenvalue weighted by Crippen LogP contribution is -2.21. The molecule has 1 aromatic heterocycles. The summed E-state index contributed by atoms with van der Waals surface area (Å²) in [6, 6.07) is 15.8. The Morgan fingerprint density at radius 1 is 1.04 bits per heavy atom. The van der Waals surface area contributed by atoms with Gasteiger partial charge in [0.15, 0.2) is 0 Å². The van der Waals surface area contributed by atoms with Crippen LogP contribution in [0.4, 0.5) is 0 Å². The zero-order chi connectivity index (χ0) is 16.4. The molecule has 0 atom stereocenters. The first-order valence-electron chi connectivity index (χ1n) is 7.80. The minimum absolute atomic E-state index is 0.0244. The van der Waals surface area contributed by atoms with Gasteiger partial charge in [-0.05, 0) is 24.3 Å². The third-order valence-electron chi connectivity index (χ3n) is 3.73. The molecule has 3 nitrogen and oxygen atoms in total. The van der Waals surface area contributed by atoms with Gasteiger partial charge in [0, 0.05) is 5.41 Å². The van der Waals surface area contributed by atoms with E-state index in [0.717, 1.165) is 29.2 Å². The fourth-order valence-electron chi connectivity index (χ4n) is 2.68. The smallest absolute Gasteiger partial charge is 0.137 e. The van der Waals surface area contributed by atoms with Gasteiger partial charge in [-0.15, -0.1) is 0 Å². The van der Waals surface area contributed by atoms with E-state index in [-0.39, 0.29) is 5.41 Å². The van der Waals surface area contributed by atoms with Crippen LogP contribution in [-0.4, -0.2) is 16.2 Å². The van der Waals surface area contributed by atoms with Gasteiger partial charge in [-0.1, -0.05) is 56.6 Å². The minimum Gasteiger partial charge on any atom is -0.490 e. The molecule has 0 saturated carbocycles. The quantitative estimate of drug-likeness (QED) is 0.669. The van der Waals surface area contributed by atoms with Gasteiger partial charge < -0.3 is 9.30 Å². The van der Waals surface area contributed by atoms with Gasteiger partial charge in [0.1, 0.15) is 18.2 Å². The highest BCUT2D eigenvalue weighted by Gasteiger charge is 2.22. The summed E-state index contributed by atoms with van der Waals surface area (Å²) in [6.45, 7) is 7.82. The van der Waals surface area contributed by atoms with Crippen LogP contribution >= 0.6 is 11.6 Å². The van der Waals surface area contributed by atoms with Gasteiger partial charge in [-0.25, -0.2) is 4.98 Å². The molecular weight excluding hydrogens is 308 g/mol. The molecule has 0 fully saturated rings. The van der Waals surface area contributed by atoms with Crippen molar-refractivity contribution >= 4 is 22.6 Å². The molecule has 0 aliphatic carbocycles. The Kier molecular flexibility index (Phi) is 4.31. The van der Waals surface area contributed by atoms with Crippen LogP contribution < -0.4 is 4.74 Å². The number of ether oxygens (including phenoxy) is 1. The molecule has 3 aromatic rings. The molecule has 4 heteroatoms. The van der Waals surface area contributed by atoms with Crippen molar-refractivity contribution in [1.82, 2.24) is 9.55 Å². The van der Waals surface area contributed by atoms with Crippen LogP contribution in [0.25, 0.3) is 11.0 Å². The number of fused-ring (bicyclic) bond motifs is 1. The van der Waals surface area contributed by atoms with Crippen LogP contribution in [-0.2, 0) is 12.0 Å². The molecule has 0 N–H and O–H groups in total. The Hall–Kier alpha value is -2.00. The maximum absolute atomic E-state index is 6.14. The molecule has 3 rings (SSSR count). The lowest BCUT2D eigenvalue weighted by molar-refractivity contribution is 0.295. The maximum atomic E-state index is 6.14. The van der Waals surface area contributed by atoms with E-state index in [9.17, 15) is 0 Å². The van der Waals surface area contributed by atoms with E-state index in [2.05, 4.69) is 37.5 Å². The third kappa shape index (κ3) is 3.35. The second-order valence-corrected chi connectivity index (χ2v) is 7.01. The SMILES string of the molecule is CC(C)(C)c1nc2ccccc2n1CCOc1ccccc1Cl. The summed E-state index contributed by atoms with van der Waals surface area (Å²) in [5, 5.41) is 0.638. The van der Waals surface area contributed by atoms with Crippen molar-refractivity contribution < 1.29 is 4.74 Å². The summed E-state index contributed by atoms with van der Waals surface area (Å²) < 4.78 is 8.09. The molecule has 23 heavy (non-hydrogen) atoms. The van der Waals surface area contributed by atoms with Gasteiger partial charge in [-0.3, -0.25) is 0 Å². The summed E-state index contributed by atoms with van der Waals surface area (Å²) >= 11 is 6.14. The van der Waals surface area contributed by atoms with Crippen molar-refractivity contribution in [3.8, 4) is 5.75 Å². The fourth-order valence-corrected chi connectivity index (χ4v) is 2.87. The second kappa shape index (κ2) is 6.25. The van der Waals surface area contributed by atoms with Crippen LogP contribution in [0.2, 0.25) is 5.02 Å². The first kappa shape index (κ1) is 15.9. The number of imidazole rings is 1. The van der Waals surface area contributed by atoms with Crippen molar-refractivity contribution in [3.63, 3.8) is 0 Å². The molecule has 0 unspecified atom stereocenters. The average molecular weight is 329 g/mol. The van der Waals surface area contributed by atoms with Crippen LogP contribution in [0.3, 0.4) is 0 Å². The summed E-state index contributed by atoms with van der Waals surface area (Å²) in [5.74, 6) is 1.79. The number of hydrogen-bond acceptors (Lipinski definition) is 2. The number of benzene rings is 2. The highest BCUT2D eigenvalue weighted by Crippen LogP contribution is 2.27. The molecule has 1 heterocycles. The second-order valence-electron chi connectivity index (χ2n) is 6.60. The third-order valence-corrected chi connectivity index (χ3v) is 4.05. The lowest BCUT2D eigenvalue weighted by Gasteiger charge is -2.20. The number of halogens is 1. The Bertz CT molecular complexity index is 818. The van der Waals surface area contributed by atoms with Crippen molar-refractivity contribution in [2.45, 2.75) is 32.7 Å². The van der Waals surface area contributed by atoms with E-state index in [1.54, 1.807) is 0 Å². The van der Waals surface area contributed by atoms with Gasteiger partial charge in [0.25, 0.3) is 0 Å². The van der Waals surface area contributed by atoms with E-state index < -0.39 is 0 Å². The van der Waals surface area contributed by atoms with Gasteiger partial charge in [0.05, 0.1) is 22.6 Å². The molecular formula is C19H21ClN2O. The fraction of sp³-hybridized carbons (Fsp3) is 0.316. The number of nitrogens with zero attached hydrogens (tertiary/aromatic N) is 2. The predicted molar refractivity (Wildman–Crippen MR) is 95.4 cm³/mol. The van der Waals surface area contributed by atoms with E-state index in [1.165, 1.54) is 0 Å². The van der Waals surface area contributed by atoms with Crippen LogP contribution in [0.1, 0.15) is 26.6 Å². The molecule has 0 aliphatic heterocycles. The first-order chi connectivity index (χ1) is 11.0. The highest BCUT2D eigenvalue weighted by atomic mass is 35.5. The Morgan fingerprint density at radius 3 is 2.48 bits per heavy atom. The minimum atomic E-state index is -0.0244. The van der Waals surface area contributed by atoms with Gasteiger partial charge >= 0.3 is 0 Å². The van der Waals surface area contributed by atoms with E-state index in [1.807, 2.05) is 36.4 Å². The van der Waals surface area contributed by atoms with E-state index in [4.69, 9.17) is 21.3 Å². The van der Waals surface area contributed by atoms with Crippen molar-refractivity contribution in [1.29, 1.82) is 0 Å². The molecule has 0 radical (unpaired) electrons. The number of para-hydroxylation sites is 3. The lowest BCUT2D eigenvalue weighted by atomic mass is 9.95.